The van der Waals surface area contributed by atoms with Gasteiger partial charge in [-0.1, -0.05) is 7.43 Å². The molecular formula is C17H29Br2ClN6O6S2. The molecule has 0 amide bonds. The Morgan fingerprint density at radius 2 is 1.32 bits per heavy atom. The molecule has 0 aromatic carbocycles. The molecule has 0 aliphatic carbocycles. The molecule has 34 heavy (non-hydrogen) atoms. The Labute approximate surface area is 222 Å². The van der Waals surface area contributed by atoms with Gasteiger partial charge in [0.1, 0.15) is 5.69 Å². The third kappa shape index (κ3) is 12.9. The zero-order valence-electron chi connectivity index (χ0n) is 18.6. The van der Waals surface area contributed by atoms with Gasteiger partial charge in [0.15, 0.2) is 0 Å². The number of nitrogens with one attached hydrogen (secondary N) is 1. The molecule has 2 aromatic heterocycles. The van der Waals surface area contributed by atoms with Gasteiger partial charge in [0, 0.05) is 60.2 Å². The topological polar surface area (TPSA) is 157 Å². The van der Waals surface area contributed by atoms with Gasteiger partial charge in [0.05, 0.1) is 19.9 Å². The van der Waals surface area contributed by atoms with Crippen LogP contribution in [0, 0.1) is 0 Å². The molecule has 0 bridgehead atoms. The lowest BCUT2D eigenvalue weighted by atomic mass is 10.4. The molecule has 2 rings (SSSR count). The van der Waals surface area contributed by atoms with E-state index in [1.807, 2.05) is 0 Å². The SMILES string of the molecule is C.CN(C)S(=O)(=O)Cl.COc1ncc(Br)cc1N.COc1ncc(Br)cc1NS(=O)(=O)N(C)C. The van der Waals surface area contributed by atoms with Gasteiger partial charge in [-0.25, -0.2) is 9.97 Å². The first-order valence-corrected chi connectivity index (χ1v) is 13.8. The fourth-order valence-electron chi connectivity index (χ4n) is 1.51. The summed E-state index contributed by atoms with van der Waals surface area (Å²) in [5.41, 5.74) is 6.34. The molecule has 0 fully saturated rings. The van der Waals surface area contributed by atoms with Crippen LogP contribution in [0.3, 0.4) is 0 Å². The Morgan fingerprint density at radius 3 is 1.68 bits per heavy atom. The molecule has 2 aromatic rings. The molecule has 0 saturated heterocycles. The number of pyridine rings is 2. The molecule has 0 unspecified atom stereocenters. The Morgan fingerprint density at radius 1 is 0.912 bits per heavy atom. The zero-order chi connectivity index (χ0) is 26.0. The van der Waals surface area contributed by atoms with Gasteiger partial charge >= 0.3 is 10.2 Å². The van der Waals surface area contributed by atoms with Crippen molar-refractivity contribution in [1.82, 2.24) is 18.6 Å². The molecule has 0 atom stereocenters. The summed E-state index contributed by atoms with van der Waals surface area (Å²) < 4.78 is 58.9. The lowest BCUT2D eigenvalue weighted by Crippen LogP contribution is -2.29. The molecule has 0 aliphatic heterocycles. The Balaban J connectivity index is 0. The van der Waals surface area contributed by atoms with Crippen LogP contribution in [-0.2, 0) is 19.4 Å². The number of nitrogen functional groups attached to an aromatic ring is 1. The summed E-state index contributed by atoms with van der Waals surface area (Å²) >= 11 is 6.43. The predicted octanol–water partition coefficient (Wildman–Crippen LogP) is 3.17. The van der Waals surface area contributed by atoms with E-state index in [4.69, 9.17) is 25.9 Å². The quantitative estimate of drug-likeness (QED) is 0.440. The summed E-state index contributed by atoms with van der Waals surface area (Å²) in [6.07, 6.45) is 3.15. The van der Waals surface area contributed by atoms with Gasteiger partial charge in [-0.2, -0.15) is 25.4 Å². The fraction of sp³-hybridized carbons (Fsp3) is 0.412. The number of methoxy groups -OCH3 is 2. The van der Waals surface area contributed by atoms with Crippen LogP contribution in [0.15, 0.2) is 33.5 Å². The van der Waals surface area contributed by atoms with E-state index < -0.39 is 19.4 Å². The highest BCUT2D eigenvalue weighted by molar-refractivity contribution is 9.10. The van der Waals surface area contributed by atoms with Crippen molar-refractivity contribution in [3.8, 4) is 11.8 Å². The van der Waals surface area contributed by atoms with Crippen LogP contribution >= 0.6 is 42.5 Å². The summed E-state index contributed by atoms with van der Waals surface area (Å²) in [6.45, 7) is 0. The number of ether oxygens (including phenoxy) is 2. The third-order valence-corrected chi connectivity index (χ3v) is 7.21. The van der Waals surface area contributed by atoms with Crippen molar-refractivity contribution >= 4 is 73.4 Å². The predicted molar refractivity (Wildman–Crippen MR) is 143 cm³/mol. The molecule has 0 aliphatic rings. The van der Waals surface area contributed by atoms with Crippen molar-refractivity contribution in [1.29, 1.82) is 0 Å². The lowest BCUT2D eigenvalue weighted by molar-refractivity contribution is 0.400. The first-order valence-electron chi connectivity index (χ1n) is 8.52. The largest absolute Gasteiger partial charge is 0.480 e. The number of rotatable bonds is 6. The molecule has 17 heteroatoms. The number of halogens is 3. The first kappa shape index (κ1) is 34.7. The molecule has 196 valence electrons. The van der Waals surface area contributed by atoms with Crippen molar-refractivity contribution in [2.24, 2.45) is 0 Å². The minimum absolute atomic E-state index is 0. The van der Waals surface area contributed by atoms with Crippen LogP contribution in [0.1, 0.15) is 7.43 Å². The zero-order valence-corrected chi connectivity index (χ0v) is 24.1. The molecular weight excluding hydrogens is 644 g/mol. The molecule has 0 saturated carbocycles. The number of aromatic nitrogens is 2. The minimum atomic E-state index is -3.56. The summed E-state index contributed by atoms with van der Waals surface area (Å²) in [5, 5.41) is 0. The maximum absolute atomic E-state index is 11.6. The Hall–Kier alpha value is -1.43. The Bertz CT molecular complexity index is 1120. The van der Waals surface area contributed by atoms with E-state index >= 15 is 0 Å². The van der Waals surface area contributed by atoms with E-state index in [2.05, 4.69) is 46.5 Å². The first-order chi connectivity index (χ1) is 15.0. The molecule has 3 N–H and O–H groups in total. The second-order valence-electron chi connectivity index (χ2n) is 6.08. The van der Waals surface area contributed by atoms with E-state index in [-0.39, 0.29) is 19.0 Å². The number of nitrogens with two attached hydrogens (primary N) is 1. The summed E-state index contributed by atoms with van der Waals surface area (Å²) in [4.78, 5) is 7.83. The van der Waals surface area contributed by atoms with Crippen molar-refractivity contribution < 1.29 is 26.3 Å². The van der Waals surface area contributed by atoms with Crippen LogP contribution in [0.5, 0.6) is 11.8 Å². The van der Waals surface area contributed by atoms with Crippen molar-refractivity contribution in [2.75, 3.05) is 52.9 Å². The maximum atomic E-state index is 11.6. The number of hydrogen-bond donors (Lipinski definition) is 2. The highest BCUT2D eigenvalue weighted by atomic mass is 79.9. The van der Waals surface area contributed by atoms with Gasteiger partial charge in [-0.3, -0.25) is 4.72 Å². The van der Waals surface area contributed by atoms with Gasteiger partial charge in [-0.05, 0) is 44.0 Å². The number of hydrogen-bond acceptors (Lipinski definition) is 9. The average molecular weight is 673 g/mol. The molecule has 0 spiro atoms. The van der Waals surface area contributed by atoms with Crippen LogP contribution in [0.4, 0.5) is 11.4 Å². The van der Waals surface area contributed by atoms with Crippen molar-refractivity contribution in [3.63, 3.8) is 0 Å². The number of nitrogens with zero attached hydrogens (tertiary/aromatic N) is 4. The van der Waals surface area contributed by atoms with Crippen LogP contribution in [-0.4, -0.2) is 77.8 Å². The Kier molecular flexibility index (Phi) is 15.9. The van der Waals surface area contributed by atoms with E-state index in [0.717, 1.165) is 13.1 Å². The van der Waals surface area contributed by atoms with E-state index in [9.17, 15) is 16.8 Å². The summed E-state index contributed by atoms with van der Waals surface area (Å²) in [6, 6.07) is 3.32. The summed E-state index contributed by atoms with van der Waals surface area (Å²) in [7, 11) is 6.32. The lowest BCUT2D eigenvalue weighted by Gasteiger charge is -2.14. The van der Waals surface area contributed by atoms with E-state index in [0.29, 0.717) is 16.0 Å². The molecule has 12 nitrogen and oxygen atoms in total. The molecule has 2 heterocycles. The molecule has 0 radical (unpaired) electrons. The van der Waals surface area contributed by atoms with E-state index in [1.165, 1.54) is 48.6 Å². The normalized spacial score (nSPS) is 10.8. The smallest absolute Gasteiger partial charge is 0.301 e. The van der Waals surface area contributed by atoms with Crippen LogP contribution in [0.25, 0.3) is 0 Å². The highest BCUT2D eigenvalue weighted by Crippen LogP contribution is 2.26. The number of anilines is 2. The average Bonchev–Trinajstić information content (AvgIpc) is 2.68. The fourth-order valence-corrected chi connectivity index (χ4v) is 2.79. The minimum Gasteiger partial charge on any atom is -0.480 e. The monoisotopic (exact) mass is 670 g/mol. The summed E-state index contributed by atoms with van der Waals surface area (Å²) in [5.74, 6) is 0.678. The van der Waals surface area contributed by atoms with E-state index in [1.54, 1.807) is 18.3 Å². The van der Waals surface area contributed by atoms with Gasteiger partial charge < -0.3 is 15.2 Å². The van der Waals surface area contributed by atoms with Crippen LogP contribution in [0.2, 0.25) is 0 Å². The van der Waals surface area contributed by atoms with Gasteiger partial charge in [0.25, 0.3) is 9.24 Å². The van der Waals surface area contributed by atoms with Gasteiger partial charge in [0.2, 0.25) is 11.8 Å². The highest BCUT2D eigenvalue weighted by Gasteiger charge is 2.16. The standard InChI is InChI=1S/C8H12BrN3O3S.C6H7BrN2O.C2H6ClNO2S.CH4/c1-12(2)16(13,14)11-7-4-6(9)5-10-8(7)15-3;1-10-6-5(8)2-4(7)3-9-6;1-4(2)7(3,5)6;/h4-5,11H,1-3H3;2-3H,8H2,1H3;1-2H3;1H4. The van der Waals surface area contributed by atoms with Crippen molar-refractivity contribution in [2.45, 2.75) is 7.43 Å². The van der Waals surface area contributed by atoms with Crippen molar-refractivity contribution in [3.05, 3.63) is 33.5 Å². The maximum Gasteiger partial charge on any atom is 0.301 e. The second kappa shape index (κ2) is 15.5. The second-order valence-corrected chi connectivity index (χ2v) is 12.5. The van der Waals surface area contributed by atoms with Crippen LogP contribution < -0.4 is 19.9 Å². The van der Waals surface area contributed by atoms with Gasteiger partial charge in [-0.15, -0.1) is 0 Å². The third-order valence-electron chi connectivity index (χ3n) is 3.21.